The second-order valence-corrected chi connectivity index (χ2v) is 5.81. The van der Waals surface area contributed by atoms with Crippen LogP contribution in [0.1, 0.15) is 52.6 Å². The molecule has 8 heteroatoms. The molecule has 8 nitrogen and oxygen atoms in total. The van der Waals surface area contributed by atoms with E-state index in [-0.39, 0.29) is 22.3 Å². The quantitative estimate of drug-likeness (QED) is 0.429. The minimum Gasteiger partial charge on any atom is -0.465 e. The Labute approximate surface area is 172 Å². The topological polar surface area (TPSA) is 105 Å². The molecule has 2 aromatic rings. The second-order valence-electron chi connectivity index (χ2n) is 5.81. The Hall–Kier alpha value is -4.12. The highest BCUT2D eigenvalue weighted by molar-refractivity contribution is 5.97. The van der Waals surface area contributed by atoms with E-state index >= 15 is 0 Å². The van der Waals surface area contributed by atoms with Crippen molar-refractivity contribution in [2.75, 3.05) is 28.4 Å². The molecule has 0 fully saturated rings. The van der Waals surface area contributed by atoms with Gasteiger partial charge < -0.3 is 18.9 Å². The molecule has 0 saturated carbocycles. The van der Waals surface area contributed by atoms with E-state index < -0.39 is 23.9 Å². The summed E-state index contributed by atoms with van der Waals surface area (Å²) in [4.78, 5) is 47.5. The molecule has 0 radical (unpaired) electrons. The molecule has 0 spiro atoms. The minimum atomic E-state index is -0.649. The summed E-state index contributed by atoms with van der Waals surface area (Å²) in [7, 11) is 4.85. The maximum Gasteiger partial charge on any atom is 0.337 e. The van der Waals surface area contributed by atoms with Gasteiger partial charge in [-0.1, -0.05) is 11.8 Å². The summed E-state index contributed by atoms with van der Waals surface area (Å²) in [6.07, 6.45) is 0. The first-order chi connectivity index (χ1) is 14.3. The molecule has 0 aliphatic carbocycles. The predicted molar refractivity (Wildman–Crippen MR) is 104 cm³/mol. The van der Waals surface area contributed by atoms with Gasteiger partial charge in [-0.05, 0) is 36.4 Å². The molecular weight excluding hydrogens is 392 g/mol. The molecule has 2 rings (SSSR count). The fourth-order valence-electron chi connectivity index (χ4n) is 2.49. The van der Waals surface area contributed by atoms with Crippen LogP contribution in [-0.4, -0.2) is 52.3 Å². The highest BCUT2D eigenvalue weighted by atomic mass is 16.5. The Morgan fingerprint density at radius 3 is 0.933 bits per heavy atom. The number of methoxy groups -OCH3 is 4. The average Bonchev–Trinajstić information content (AvgIpc) is 2.79. The molecular formula is C22H18O8. The van der Waals surface area contributed by atoms with E-state index in [1.54, 1.807) is 0 Å². The first kappa shape index (κ1) is 22.2. The summed E-state index contributed by atoms with van der Waals surface area (Å²) in [6, 6.07) is 8.42. The van der Waals surface area contributed by atoms with E-state index in [0.717, 1.165) is 0 Å². The lowest BCUT2D eigenvalue weighted by Gasteiger charge is -2.05. The van der Waals surface area contributed by atoms with Gasteiger partial charge in [-0.2, -0.15) is 0 Å². The Kier molecular flexibility index (Phi) is 7.31. The molecule has 0 N–H and O–H groups in total. The molecule has 0 unspecified atom stereocenters. The Morgan fingerprint density at radius 1 is 0.500 bits per heavy atom. The summed E-state index contributed by atoms with van der Waals surface area (Å²) in [6.45, 7) is 0. The van der Waals surface area contributed by atoms with Crippen molar-refractivity contribution in [2.24, 2.45) is 0 Å². The van der Waals surface area contributed by atoms with Crippen LogP contribution in [0.3, 0.4) is 0 Å². The fourth-order valence-corrected chi connectivity index (χ4v) is 2.49. The van der Waals surface area contributed by atoms with Crippen LogP contribution in [0.15, 0.2) is 36.4 Å². The molecule has 0 aliphatic rings. The fraction of sp³-hybridized carbons (Fsp3) is 0.182. The number of ether oxygens (including phenoxy) is 4. The lowest BCUT2D eigenvalue weighted by molar-refractivity contribution is 0.0581. The number of hydrogen-bond donors (Lipinski definition) is 0. The lowest BCUT2D eigenvalue weighted by Crippen LogP contribution is -2.07. The average molecular weight is 410 g/mol. The second kappa shape index (κ2) is 9.89. The van der Waals surface area contributed by atoms with Gasteiger partial charge in [0, 0.05) is 11.1 Å². The van der Waals surface area contributed by atoms with Gasteiger partial charge in [0.15, 0.2) is 0 Å². The van der Waals surface area contributed by atoms with Crippen molar-refractivity contribution in [1.29, 1.82) is 0 Å². The standard InChI is InChI=1S/C22H18O8/c1-27-19(23)15-7-13(8-16(11-15)20(24)28-2)5-6-14-9-17(21(25)29-3)12-18(10-14)22(26)30-4/h7-12H,1-4H3. The van der Waals surface area contributed by atoms with Gasteiger partial charge in [-0.15, -0.1) is 0 Å². The van der Waals surface area contributed by atoms with Crippen LogP contribution in [-0.2, 0) is 18.9 Å². The van der Waals surface area contributed by atoms with Crippen LogP contribution < -0.4 is 0 Å². The normalized spacial score (nSPS) is 9.60. The van der Waals surface area contributed by atoms with E-state index in [2.05, 4.69) is 30.8 Å². The number of carbonyl (C=O) groups is 4. The van der Waals surface area contributed by atoms with Crippen LogP contribution in [0.2, 0.25) is 0 Å². The van der Waals surface area contributed by atoms with Gasteiger partial charge in [0.05, 0.1) is 50.7 Å². The van der Waals surface area contributed by atoms with Crippen molar-refractivity contribution in [3.8, 4) is 11.8 Å². The van der Waals surface area contributed by atoms with Crippen molar-refractivity contribution in [2.45, 2.75) is 0 Å². The van der Waals surface area contributed by atoms with Crippen LogP contribution in [0.4, 0.5) is 0 Å². The van der Waals surface area contributed by atoms with Gasteiger partial charge in [-0.3, -0.25) is 0 Å². The lowest BCUT2D eigenvalue weighted by atomic mass is 10.0. The van der Waals surface area contributed by atoms with Gasteiger partial charge >= 0.3 is 23.9 Å². The van der Waals surface area contributed by atoms with Crippen LogP contribution in [0.5, 0.6) is 0 Å². The number of carbonyl (C=O) groups excluding carboxylic acids is 4. The molecule has 0 atom stereocenters. The molecule has 0 bridgehead atoms. The zero-order valence-electron chi connectivity index (χ0n) is 16.7. The molecule has 30 heavy (non-hydrogen) atoms. The predicted octanol–water partition coefficient (Wildman–Crippen LogP) is 2.23. The Balaban J connectivity index is 2.57. The van der Waals surface area contributed by atoms with Crippen molar-refractivity contribution in [3.05, 3.63) is 69.8 Å². The third-order valence-corrected chi connectivity index (χ3v) is 3.90. The summed E-state index contributed by atoms with van der Waals surface area (Å²) in [5, 5.41) is 0. The van der Waals surface area contributed by atoms with Gasteiger partial charge in [-0.25, -0.2) is 19.2 Å². The first-order valence-electron chi connectivity index (χ1n) is 8.48. The van der Waals surface area contributed by atoms with E-state index in [4.69, 9.17) is 0 Å². The summed E-state index contributed by atoms with van der Waals surface area (Å²) in [5.74, 6) is 3.00. The summed E-state index contributed by atoms with van der Waals surface area (Å²) < 4.78 is 18.8. The minimum absolute atomic E-state index is 0.114. The Bertz CT molecular complexity index is 920. The molecule has 0 heterocycles. The van der Waals surface area contributed by atoms with Gasteiger partial charge in [0.1, 0.15) is 0 Å². The molecule has 2 aromatic carbocycles. The zero-order chi connectivity index (χ0) is 22.3. The van der Waals surface area contributed by atoms with Crippen molar-refractivity contribution in [3.63, 3.8) is 0 Å². The number of esters is 4. The molecule has 0 aromatic heterocycles. The third-order valence-electron chi connectivity index (χ3n) is 3.90. The Morgan fingerprint density at radius 2 is 0.733 bits per heavy atom. The molecule has 0 amide bonds. The number of benzene rings is 2. The van der Waals surface area contributed by atoms with Crippen LogP contribution in [0, 0.1) is 11.8 Å². The van der Waals surface area contributed by atoms with E-state index in [0.29, 0.717) is 11.1 Å². The third kappa shape index (κ3) is 5.23. The highest BCUT2D eigenvalue weighted by Crippen LogP contribution is 2.15. The highest BCUT2D eigenvalue weighted by Gasteiger charge is 2.14. The first-order valence-corrected chi connectivity index (χ1v) is 8.48. The van der Waals surface area contributed by atoms with E-state index in [1.807, 2.05) is 0 Å². The van der Waals surface area contributed by atoms with Crippen molar-refractivity contribution >= 4 is 23.9 Å². The molecule has 0 saturated heterocycles. The zero-order valence-corrected chi connectivity index (χ0v) is 16.7. The maximum absolute atomic E-state index is 11.9. The smallest absolute Gasteiger partial charge is 0.337 e. The maximum atomic E-state index is 11.9. The molecule has 154 valence electrons. The van der Waals surface area contributed by atoms with E-state index in [1.165, 1.54) is 64.8 Å². The SMILES string of the molecule is COC(=O)c1cc(C#Cc2cc(C(=O)OC)cc(C(=O)OC)c2)cc(C(=O)OC)c1. The van der Waals surface area contributed by atoms with E-state index in [9.17, 15) is 19.2 Å². The van der Waals surface area contributed by atoms with Crippen molar-refractivity contribution < 1.29 is 38.1 Å². The van der Waals surface area contributed by atoms with Gasteiger partial charge in [0.2, 0.25) is 0 Å². The summed E-state index contributed by atoms with van der Waals surface area (Å²) >= 11 is 0. The molecule has 0 aliphatic heterocycles. The monoisotopic (exact) mass is 410 g/mol. The summed E-state index contributed by atoms with van der Waals surface area (Å²) in [5.41, 5.74) is 1.10. The largest absolute Gasteiger partial charge is 0.465 e. The van der Waals surface area contributed by atoms with Crippen LogP contribution >= 0.6 is 0 Å². The van der Waals surface area contributed by atoms with Gasteiger partial charge in [0.25, 0.3) is 0 Å². The number of rotatable bonds is 4. The van der Waals surface area contributed by atoms with Crippen molar-refractivity contribution in [1.82, 2.24) is 0 Å². The number of hydrogen-bond acceptors (Lipinski definition) is 8. The van der Waals surface area contributed by atoms with Crippen LogP contribution in [0.25, 0.3) is 0 Å².